The standard InChI is InChI=1S/C15H26N2O5/c1-5-21-12(19)15(9-11(16)18)7-6-8-17(10-15)13(20)22-14(2,3)4/h5-10H2,1-4H3,(H2,16,18). The van der Waals surface area contributed by atoms with Crippen LogP contribution in [0, 0.1) is 5.41 Å². The number of primary amides is 1. The largest absolute Gasteiger partial charge is 0.466 e. The first-order valence-corrected chi connectivity index (χ1v) is 7.53. The molecule has 0 spiro atoms. The molecular formula is C15H26N2O5. The molecule has 0 aromatic rings. The Balaban J connectivity index is 2.92. The van der Waals surface area contributed by atoms with Crippen molar-refractivity contribution in [3.8, 4) is 0 Å². The zero-order valence-corrected chi connectivity index (χ0v) is 13.8. The van der Waals surface area contributed by atoms with Crippen LogP contribution in [0.1, 0.15) is 47.0 Å². The molecular weight excluding hydrogens is 288 g/mol. The lowest BCUT2D eigenvalue weighted by atomic mass is 9.77. The molecule has 1 aliphatic rings. The Morgan fingerprint density at radius 3 is 2.41 bits per heavy atom. The summed E-state index contributed by atoms with van der Waals surface area (Å²) in [6, 6.07) is 0. The van der Waals surface area contributed by atoms with Gasteiger partial charge in [-0.3, -0.25) is 9.59 Å². The number of hydrogen-bond donors (Lipinski definition) is 1. The van der Waals surface area contributed by atoms with Crippen molar-refractivity contribution in [3.63, 3.8) is 0 Å². The fourth-order valence-corrected chi connectivity index (χ4v) is 2.61. The number of nitrogens with zero attached hydrogens (tertiary/aromatic N) is 1. The van der Waals surface area contributed by atoms with Gasteiger partial charge in [-0.05, 0) is 40.5 Å². The van der Waals surface area contributed by atoms with E-state index in [0.717, 1.165) is 0 Å². The topological polar surface area (TPSA) is 98.9 Å². The zero-order valence-electron chi connectivity index (χ0n) is 13.8. The van der Waals surface area contributed by atoms with Crippen molar-refractivity contribution in [1.29, 1.82) is 0 Å². The predicted octanol–water partition coefficient (Wildman–Crippen LogP) is 1.44. The van der Waals surface area contributed by atoms with E-state index in [-0.39, 0.29) is 19.6 Å². The maximum atomic E-state index is 12.3. The molecule has 1 aliphatic heterocycles. The molecule has 126 valence electrons. The number of rotatable bonds is 4. The van der Waals surface area contributed by atoms with E-state index in [1.54, 1.807) is 27.7 Å². The van der Waals surface area contributed by atoms with E-state index in [1.807, 2.05) is 0 Å². The smallest absolute Gasteiger partial charge is 0.410 e. The van der Waals surface area contributed by atoms with Gasteiger partial charge in [-0.1, -0.05) is 0 Å². The minimum atomic E-state index is -1.07. The summed E-state index contributed by atoms with van der Waals surface area (Å²) < 4.78 is 10.4. The number of carbonyl (C=O) groups excluding carboxylic acids is 3. The van der Waals surface area contributed by atoms with Crippen molar-refractivity contribution >= 4 is 18.0 Å². The summed E-state index contributed by atoms with van der Waals surface area (Å²) in [5.74, 6) is -1.07. The van der Waals surface area contributed by atoms with Gasteiger partial charge in [0.05, 0.1) is 12.0 Å². The van der Waals surface area contributed by atoms with Crippen molar-refractivity contribution in [2.75, 3.05) is 19.7 Å². The molecule has 0 aromatic carbocycles. The second-order valence-corrected chi connectivity index (χ2v) is 6.65. The predicted molar refractivity (Wildman–Crippen MR) is 79.9 cm³/mol. The third kappa shape index (κ3) is 4.89. The van der Waals surface area contributed by atoms with Gasteiger partial charge in [0.25, 0.3) is 0 Å². The van der Waals surface area contributed by atoms with Gasteiger partial charge in [-0.25, -0.2) is 4.79 Å². The van der Waals surface area contributed by atoms with Crippen LogP contribution in [-0.2, 0) is 19.1 Å². The number of carbonyl (C=O) groups is 3. The van der Waals surface area contributed by atoms with Gasteiger partial charge >= 0.3 is 12.1 Å². The number of piperidine rings is 1. The van der Waals surface area contributed by atoms with Crippen molar-refractivity contribution < 1.29 is 23.9 Å². The first-order chi connectivity index (χ1) is 10.1. The molecule has 2 amide bonds. The fourth-order valence-electron chi connectivity index (χ4n) is 2.61. The van der Waals surface area contributed by atoms with Crippen molar-refractivity contribution in [1.82, 2.24) is 4.90 Å². The van der Waals surface area contributed by atoms with E-state index in [4.69, 9.17) is 15.2 Å². The van der Waals surface area contributed by atoms with Crippen molar-refractivity contribution in [2.45, 2.75) is 52.6 Å². The van der Waals surface area contributed by atoms with E-state index in [9.17, 15) is 14.4 Å². The third-order valence-electron chi connectivity index (χ3n) is 3.45. The zero-order chi connectivity index (χ0) is 17.0. The van der Waals surface area contributed by atoms with E-state index >= 15 is 0 Å². The molecule has 1 rings (SSSR count). The van der Waals surface area contributed by atoms with Gasteiger partial charge in [0.2, 0.25) is 5.91 Å². The monoisotopic (exact) mass is 314 g/mol. The molecule has 22 heavy (non-hydrogen) atoms. The van der Waals surface area contributed by atoms with Gasteiger partial charge < -0.3 is 20.1 Å². The first kappa shape index (κ1) is 18.3. The number of likely N-dealkylation sites (tertiary alicyclic amines) is 1. The molecule has 1 heterocycles. The Labute approximate surface area is 131 Å². The van der Waals surface area contributed by atoms with Crippen LogP contribution in [0.5, 0.6) is 0 Å². The number of hydrogen-bond acceptors (Lipinski definition) is 5. The molecule has 7 heteroatoms. The van der Waals surface area contributed by atoms with Crippen LogP contribution in [-0.4, -0.2) is 48.2 Å². The highest BCUT2D eigenvalue weighted by Crippen LogP contribution is 2.35. The lowest BCUT2D eigenvalue weighted by molar-refractivity contribution is -0.161. The quantitative estimate of drug-likeness (QED) is 0.792. The normalized spacial score (nSPS) is 22.1. The van der Waals surface area contributed by atoms with Gasteiger partial charge in [-0.15, -0.1) is 0 Å². The maximum Gasteiger partial charge on any atom is 0.410 e. The summed E-state index contributed by atoms with van der Waals surface area (Å²) >= 11 is 0. The molecule has 1 unspecified atom stereocenters. The van der Waals surface area contributed by atoms with Crippen molar-refractivity contribution in [2.24, 2.45) is 11.1 Å². The van der Waals surface area contributed by atoms with Crippen LogP contribution >= 0.6 is 0 Å². The summed E-state index contributed by atoms with van der Waals surface area (Å²) in [6.45, 7) is 7.80. The Hall–Kier alpha value is -1.79. The highest BCUT2D eigenvalue weighted by Gasteiger charge is 2.46. The Bertz CT molecular complexity index is 444. The summed E-state index contributed by atoms with van der Waals surface area (Å²) in [6.07, 6.45) is 0.426. The molecule has 1 fully saturated rings. The minimum absolute atomic E-state index is 0.0870. The highest BCUT2D eigenvalue weighted by atomic mass is 16.6. The number of esters is 1. The molecule has 0 saturated carbocycles. The van der Waals surface area contributed by atoms with Crippen LogP contribution in [0.25, 0.3) is 0 Å². The van der Waals surface area contributed by atoms with Crippen LogP contribution in [0.2, 0.25) is 0 Å². The molecule has 1 atom stereocenters. The molecule has 0 aliphatic carbocycles. The van der Waals surface area contributed by atoms with Crippen LogP contribution < -0.4 is 5.73 Å². The third-order valence-corrected chi connectivity index (χ3v) is 3.45. The highest BCUT2D eigenvalue weighted by molar-refractivity contribution is 5.86. The fraction of sp³-hybridized carbons (Fsp3) is 0.800. The molecule has 0 bridgehead atoms. The molecule has 1 saturated heterocycles. The van der Waals surface area contributed by atoms with Crippen LogP contribution in [0.4, 0.5) is 4.79 Å². The van der Waals surface area contributed by atoms with Crippen LogP contribution in [0.3, 0.4) is 0 Å². The lowest BCUT2D eigenvalue weighted by Gasteiger charge is -2.40. The summed E-state index contributed by atoms with van der Waals surface area (Å²) in [7, 11) is 0. The first-order valence-electron chi connectivity index (χ1n) is 7.53. The second kappa shape index (κ2) is 6.98. The summed E-state index contributed by atoms with van der Waals surface area (Å²) in [5.41, 5.74) is 3.59. The van der Waals surface area contributed by atoms with E-state index < -0.39 is 29.0 Å². The van der Waals surface area contributed by atoms with Gasteiger partial charge in [0.15, 0.2) is 0 Å². The second-order valence-electron chi connectivity index (χ2n) is 6.65. The summed E-state index contributed by atoms with van der Waals surface area (Å²) in [4.78, 5) is 37.3. The van der Waals surface area contributed by atoms with E-state index in [0.29, 0.717) is 19.4 Å². The van der Waals surface area contributed by atoms with E-state index in [2.05, 4.69) is 0 Å². The van der Waals surface area contributed by atoms with E-state index in [1.165, 1.54) is 4.90 Å². The Morgan fingerprint density at radius 2 is 1.91 bits per heavy atom. The van der Waals surface area contributed by atoms with Gasteiger partial charge in [0, 0.05) is 19.5 Å². The molecule has 0 radical (unpaired) electrons. The lowest BCUT2D eigenvalue weighted by Crippen LogP contribution is -2.52. The number of nitrogens with two attached hydrogens (primary N) is 1. The van der Waals surface area contributed by atoms with Gasteiger partial charge in [-0.2, -0.15) is 0 Å². The average Bonchev–Trinajstić information content (AvgIpc) is 2.36. The Kier molecular flexibility index (Phi) is 5.79. The van der Waals surface area contributed by atoms with Gasteiger partial charge in [0.1, 0.15) is 5.60 Å². The summed E-state index contributed by atoms with van der Waals surface area (Å²) in [5, 5.41) is 0. The maximum absolute atomic E-state index is 12.3. The van der Waals surface area contributed by atoms with Crippen molar-refractivity contribution in [3.05, 3.63) is 0 Å². The Morgan fingerprint density at radius 1 is 1.27 bits per heavy atom. The minimum Gasteiger partial charge on any atom is -0.466 e. The number of amides is 2. The number of ether oxygens (including phenoxy) is 2. The van der Waals surface area contributed by atoms with Crippen LogP contribution in [0.15, 0.2) is 0 Å². The SMILES string of the molecule is CCOC(=O)C1(CC(N)=O)CCCN(C(=O)OC(C)(C)C)C1. The molecule has 7 nitrogen and oxygen atoms in total. The average molecular weight is 314 g/mol. The molecule has 0 aromatic heterocycles. The molecule has 2 N–H and O–H groups in total.